The Morgan fingerprint density at radius 3 is 2.45 bits per heavy atom. The van der Waals surface area contributed by atoms with Gasteiger partial charge in [0.2, 0.25) is 0 Å². The van der Waals surface area contributed by atoms with E-state index in [9.17, 15) is 19.5 Å². The lowest BCUT2D eigenvalue weighted by Gasteiger charge is -2.26. The maximum atomic E-state index is 13.2. The van der Waals surface area contributed by atoms with Crippen LogP contribution >= 0.6 is 11.6 Å². The van der Waals surface area contributed by atoms with Gasteiger partial charge in [0.25, 0.3) is 11.8 Å². The summed E-state index contributed by atoms with van der Waals surface area (Å²) >= 11 is 6.28. The van der Waals surface area contributed by atoms with Crippen molar-refractivity contribution in [3.05, 3.63) is 101 Å². The number of rotatable bonds is 9. The topological polar surface area (TPSA) is 105 Å². The van der Waals surface area contributed by atoms with Gasteiger partial charge in [-0.25, -0.2) is 9.69 Å². The summed E-state index contributed by atoms with van der Waals surface area (Å²) < 4.78 is 12.0. The number of benzene rings is 3. The van der Waals surface area contributed by atoms with Crippen LogP contribution < -0.4 is 19.7 Å². The van der Waals surface area contributed by atoms with E-state index in [2.05, 4.69) is 11.9 Å². The van der Waals surface area contributed by atoms with Gasteiger partial charge in [0.05, 0.1) is 12.3 Å². The zero-order chi connectivity index (χ0) is 27.2. The van der Waals surface area contributed by atoms with Gasteiger partial charge in [0.1, 0.15) is 17.9 Å². The molecule has 0 atom stereocenters. The van der Waals surface area contributed by atoms with Gasteiger partial charge in [0, 0.05) is 16.1 Å². The summed E-state index contributed by atoms with van der Waals surface area (Å²) in [4.78, 5) is 39.2. The van der Waals surface area contributed by atoms with E-state index in [1.54, 1.807) is 24.3 Å². The van der Waals surface area contributed by atoms with Crippen LogP contribution in [0.1, 0.15) is 23.6 Å². The van der Waals surface area contributed by atoms with Crippen molar-refractivity contribution >= 4 is 41.2 Å². The molecule has 2 N–H and O–H groups in total. The number of hydrogen-bond donors (Lipinski definition) is 2. The van der Waals surface area contributed by atoms with Gasteiger partial charge in [-0.15, -0.1) is 6.58 Å². The lowest BCUT2D eigenvalue weighted by atomic mass is 10.0. The number of phenolic OH excluding ortho intramolecular Hbond substituents is 1. The molecule has 4 amide bonds. The van der Waals surface area contributed by atoms with E-state index in [4.69, 9.17) is 21.1 Å². The van der Waals surface area contributed by atoms with E-state index < -0.39 is 17.8 Å². The molecule has 0 spiro atoms. The molecule has 38 heavy (non-hydrogen) atoms. The first-order valence-corrected chi connectivity index (χ1v) is 12.2. The largest absolute Gasteiger partial charge is 0.508 e. The van der Waals surface area contributed by atoms with Crippen molar-refractivity contribution in [2.45, 2.75) is 20.0 Å². The van der Waals surface area contributed by atoms with Crippen molar-refractivity contribution in [3.63, 3.8) is 0 Å². The highest BCUT2D eigenvalue weighted by atomic mass is 35.5. The summed E-state index contributed by atoms with van der Waals surface area (Å²) in [5, 5.41) is 12.3. The van der Waals surface area contributed by atoms with Crippen molar-refractivity contribution < 1.29 is 29.0 Å². The molecule has 8 nitrogen and oxygen atoms in total. The number of barbiturate groups is 1. The van der Waals surface area contributed by atoms with Crippen LogP contribution in [0, 0.1) is 0 Å². The average molecular weight is 533 g/mol. The minimum absolute atomic E-state index is 0.0273. The van der Waals surface area contributed by atoms with Crippen molar-refractivity contribution in [2.24, 2.45) is 0 Å². The molecule has 0 bridgehead atoms. The molecular formula is C29H25ClN2O6. The predicted molar refractivity (Wildman–Crippen MR) is 144 cm³/mol. The second kappa shape index (κ2) is 11.7. The molecule has 0 radical (unpaired) electrons. The number of aromatic hydroxyl groups is 1. The monoisotopic (exact) mass is 532 g/mol. The Hall–Kier alpha value is -4.56. The van der Waals surface area contributed by atoms with Gasteiger partial charge in [-0.1, -0.05) is 35.9 Å². The Morgan fingerprint density at radius 1 is 1.03 bits per heavy atom. The number of carbonyl (C=O) groups is 3. The number of hydrogen-bond acceptors (Lipinski definition) is 6. The van der Waals surface area contributed by atoms with Crippen LogP contribution in [-0.2, 0) is 22.6 Å². The van der Waals surface area contributed by atoms with Gasteiger partial charge in [-0.05, 0) is 67.4 Å². The van der Waals surface area contributed by atoms with Crippen molar-refractivity contribution in [2.75, 3.05) is 11.5 Å². The minimum atomic E-state index is -0.881. The Balaban J connectivity index is 1.72. The normalized spacial score (nSPS) is 14.4. The van der Waals surface area contributed by atoms with Crippen LogP contribution in [-0.4, -0.2) is 29.6 Å². The molecule has 194 valence electrons. The number of urea groups is 1. The molecule has 1 heterocycles. The van der Waals surface area contributed by atoms with Crippen LogP contribution in [0.4, 0.5) is 10.5 Å². The van der Waals surface area contributed by atoms with Crippen LogP contribution in [0.2, 0.25) is 5.02 Å². The summed E-state index contributed by atoms with van der Waals surface area (Å²) in [5.74, 6) is -0.737. The molecule has 1 aliphatic rings. The zero-order valence-electron chi connectivity index (χ0n) is 20.6. The van der Waals surface area contributed by atoms with Crippen LogP contribution in [0.15, 0.2) is 78.9 Å². The van der Waals surface area contributed by atoms with E-state index in [0.29, 0.717) is 35.1 Å². The third-order valence-corrected chi connectivity index (χ3v) is 6.04. The number of halogens is 1. The van der Waals surface area contributed by atoms with E-state index in [1.807, 2.05) is 25.1 Å². The molecule has 3 aromatic rings. The second-order valence-electron chi connectivity index (χ2n) is 8.29. The van der Waals surface area contributed by atoms with Crippen LogP contribution in [0.25, 0.3) is 6.08 Å². The number of imide groups is 2. The fourth-order valence-corrected chi connectivity index (χ4v) is 4.12. The van der Waals surface area contributed by atoms with E-state index >= 15 is 0 Å². The third-order valence-electron chi connectivity index (χ3n) is 5.67. The molecule has 0 saturated carbocycles. The minimum Gasteiger partial charge on any atom is -0.508 e. The molecule has 1 aliphatic heterocycles. The third kappa shape index (κ3) is 5.71. The maximum absolute atomic E-state index is 13.2. The van der Waals surface area contributed by atoms with Gasteiger partial charge >= 0.3 is 6.03 Å². The Bertz CT molecular complexity index is 1430. The number of carbonyl (C=O) groups excluding carboxylic acids is 3. The van der Waals surface area contributed by atoms with E-state index in [0.717, 1.165) is 16.0 Å². The standard InChI is InChI=1S/C29H25ClN2O6/c1-3-7-19-14-18(16-25(37-4-2)26(19)38-17-20-8-5-6-9-24(20)30)15-23-27(34)31-29(36)32(28(23)35)21-10-12-22(33)13-11-21/h3,5-6,8-16,33H,1,4,7,17H2,2H3,(H,31,34,36)/b23-15+. The van der Waals surface area contributed by atoms with E-state index in [1.165, 1.54) is 30.3 Å². The number of nitrogens with one attached hydrogen (secondary N) is 1. The number of anilines is 1. The first-order valence-electron chi connectivity index (χ1n) is 11.8. The Morgan fingerprint density at radius 2 is 1.76 bits per heavy atom. The second-order valence-corrected chi connectivity index (χ2v) is 8.69. The summed E-state index contributed by atoms with van der Waals surface area (Å²) in [5.41, 5.74) is 1.98. The average Bonchev–Trinajstić information content (AvgIpc) is 2.88. The first-order chi connectivity index (χ1) is 18.3. The van der Waals surface area contributed by atoms with Gasteiger partial charge < -0.3 is 14.6 Å². The lowest BCUT2D eigenvalue weighted by molar-refractivity contribution is -0.122. The number of amides is 4. The molecule has 1 fully saturated rings. The number of nitrogens with zero attached hydrogens (tertiary/aromatic N) is 1. The quantitative estimate of drug-likeness (QED) is 0.217. The fourth-order valence-electron chi connectivity index (χ4n) is 3.93. The maximum Gasteiger partial charge on any atom is 0.335 e. The number of phenols is 1. The molecule has 1 saturated heterocycles. The molecule has 0 aliphatic carbocycles. The van der Waals surface area contributed by atoms with Gasteiger partial charge in [-0.3, -0.25) is 14.9 Å². The fraction of sp³-hybridized carbons (Fsp3) is 0.138. The molecular weight excluding hydrogens is 508 g/mol. The summed E-state index contributed by atoms with van der Waals surface area (Å²) in [6.07, 6.45) is 3.52. The molecule has 0 unspecified atom stereocenters. The Labute approximate surface area is 224 Å². The van der Waals surface area contributed by atoms with E-state index in [-0.39, 0.29) is 23.6 Å². The molecule has 3 aromatic carbocycles. The number of allylic oxidation sites excluding steroid dienone is 1. The van der Waals surface area contributed by atoms with Crippen LogP contribution in [0.3, 0.4) is 0 Å². The highest BCUT2D eigenvalue weighted by Crippen LogP contribution is 2.36. The van der Waals surface area contributed by atoms with Crippen molar-refractivity contribution in [3.8, 4) is 17.2 Å². The molecule has 4 rings (SSSR count). The summed E-state index contributed by atoms with van der Waals surface area (Å²) in [6.45, 7) is 6.20. The summed E-state index contributed by atoms with van der Waals surface area (Å²) in [7, 11) is 0. The van der Waals surface area contributed by atoms with Gasteiger partial charge in [0.15, 0.2) is 11.5 Å². The highest BCUT2D eigenvalue weighted by molar-refractivity contribution is 6.39. The van der Waals surface area contributed by atoms with Crippen molar-refractivity contribution in [1.29, 1.82) is 0 Å². The lowest BCUT2D eigenvalue weighted by Crippen LogP contribution is -2.54. The van der Waals surface area contributed by atoms with Gasteiger partial charge in [-0.2, -0.15) is 0 Å². The number of ether oxygens (including phenoxy) is 2. The SMILES string of the molecule is C=CCc1cc(/C=C2\C(=O)NC(=O)N(c3ccc(O)cc3)C2=O)cc(OCC)c1OCc1ccccc1Cl. The molecule has 9 heteroatoms. The predicted octanol–water partition coefficient (Wildman–Crippen LogP) is 5.42. The zero-order valence-corrected chi connectivity index (χ0v) is 21.3. The highest BCUT2D eigenvalue weighted by Gasteiger charge is 2.37. The van der Waals surface area contributed by atoms with Crippen molar-refractivity contribution in [1.82, 2.24) is 5.32 Å². The van der Waals surface area contributed by atoms with Crippen LogP contribution in [0.5, 0.6) is 17.2 Å². The first kappa shape index (κ1) is 26.5. The Kier molecular flexibility index (Phi) is 8.13. The smallest absolute Gasteiger partial charge is 0.335 e. The summed E-state index contributed by atoms with van der Waals surface area (Å²) in [6, 6.07) is 15.4. The molecule has 0 aromatic heterocycles.